The SMILES string of the molecule is CC(=O)N1CCN(c2cc(C(=O)NC3CCCC3)nc(C)n2)CC1. The molecule has 7 nitrogen and oxygen atoms in total. The Morgan fingerprint density at radius 3 is 2.42 bits per heavy atom. The van der Waals surface area contributed by atoms with Crippen LogP contribution in [0.5, 0.6) is 0 Å². The maximum atomic E-state index is 12.5. The number of carbonyl (C=O) groups is 2. The van der Waals surface area contributed by atoms with Gasteiger partial charge >= 0.3 is 0 Å². The van der Waals surface area contributed by atoms with Crippen LogP contribution < -0.4 is 10.2 Å². The van der Waals surface area contributed by atoms with Crippen molar-refractivity contribution in [2.45, 2.75) is 45.6 Å². The molecular weight excluding hydrogens is 306 g/mol. The Bertz CT molecular complexity index is 619. The van der Waals surface area contributed by atoms with E-state index in [0.29, 0.717) is 24.6 Å². The first kappa shape index (κ1) is 16.7. The zero-order chi connectivity index (χ0) is 17.1. The van der Waals surface area contributed by atoms with E-state index in [2.05, 4.69) is 20.2 Å². The van der Waals surface area contributed by atoms with Crippen molar-refractivity contribution in [3.05, 3.63) is 17.6 Å². The average Bonchev–Trinajstić information content (AvgIpc) is 3.07. The smallest absolute Gasteiger partial charge is 0.270 e. The average molecular weight is 331 g/mol. The summed E-state index contributed by atoms with van der Waals surface area (Å²) in [5, 5.41) is 3.07. The molecule has 1 saturated carbocycles. The van der Waals surface area contributed by atoms with Crippen molar-refractivity contribution in [1.82, 2.24) is 20.2 Å². The van der Waals surface area contributed by atoms with E-state index >= 15 is 0 Å². The number of piperazine rings is 1. The molecule has 7 heteroatoms. The van der Waals surface area contributed by atoms with Gasteiger partial charge in [0.15, 0.2) is 0 Å². The largest absolute Gasteiger partial charge is 0.353 e. The fourth-order valence-corrected chi connectivity index (χ4v) is 3.41. The number of aromatic nitrogens is 2. The summed E-state index contributed by atoms with van der Waals surface area (Å²) < 4.78 is 0. The van der Waals surface area contributed by atoms with Gasteiger partial charge in [-0.05, 0) is 19.8 Å². The molecule has 1 saturated heterocycles. The molecule has 1 aromatic heterocycles. The third-order valence-corrected chi connectivity index (χ3v) is 4.80. The fraction of sp³-hybridized carbons (Fsp3) is 0.647. The monoisotopic (exact) mass is 331 g/mol. The predicted molar refractivity (Wildman–Crippen MR) is 91.0 cm³/mol. The minimum atomic E-state index is -0.115. The van der Waals surface area contributed by atoms with Crippen molar-refractivity contribution in [1.29, 1.82) is 0 Å². The highest BCUT2D eigenvalue weighted by Crippen LogP contribution is 2.19. The topological polar surface area (TPSA) is 78.4 Å². The second kappa shape index (κ2) is 7.15. The molecular formula is C17H25N5O2. The van der Waals surface area contributed by atoms with Crippen molar-refractivity contribution in [2.24, 2.45) is 0 Å². The summed E-state index contributed by atoms with van der Waals surface area (Å²) in [4.78, 5) is 36.6. The van der Waals surface area contributed by atoms with Crippen molar-refractivity contribution < 1.29 is 9.59 Å². The standard InChI is InChI=1S/C17H25N5O2/c1-12-18-15(17(24)20-14-5-3-4-6-14)11-16(19-12)22-9-7-21(8-10-22)13(2)23/h11,14H,3-10H2,1-2H3,(H,20,24). The van der Waals surface area contributed by atoms with Crippen LogP contribution in [0.3, 0.4) is 0 Å². The highest BCUT2D eigenvalue weighted by Gasteiger charge is 2.23. The van der Waals surface area contributed by atoms with Crippen LogP contribution in [0, 0.1) is 6.92 Å². The number of hydrogen-bond acceptors (Lipinski definition) is 5. The zero-order valence-corrected chi connectivity index (χ0v) is 14.4. The number of rotatable bonds is 3. The highest BCUT2D eigenvalue weighted by molar-refractivity contribution is 5.93. The summed E-state index contributed by atoms with van der Waals surface area (Å²) in [5.41, 5.74) is 0.429. The van der Waals surface area contributed by atoms with Crippen LogP contribution in [0.2, 0.25) is 0 Å². The number of nitrogens with zero attached hydrogens (tertiary/aromatic N) is 4. The summed E-state index contributed by atoms with van der Waals surface area (Å²) in [6, 6.07) is 2.04. The fourth-order valence-electron chi connectivity index (χ4n) is 3.41. The van der Waals surface area contributed by atoms with Gasteiger partial charge in [0.2, 0.25) is 5.91 Å². The van der Waals surface area contributed by atoms with E-state index in [1.165, 1.54) is 12.8 Å². The highest BCUT2D eigenvalue weighted by atomic mass is 16.2. The molecule has 1 aliphatic carbocycles. The van der Waals surface area contributed by atoms with Crippen LogP contribution in [0.4, 0.5) is 5.82 Å². The molecule has 0 unspecified atom stereocenters. The first-order valence-electron chi connectivity index (χ1n) is 8.70. The number of nitrogens with one attached hydrogen (secondary N) is 1. The molecule has 24 heavy (non-hydrogen) atoms. The molecule has 1 aliphatic heterocycles. The number of hydrogen-bond donors (Lipinski definition) is 1. The maximum absolute atomic E-state index is 12.5. The van der Waals surface area contributed by atoms with Crippen LogP contribution in [-0.4, -0.2) is 58.9 Å². The van der Waals surface area contributed by atoms with Crippen LogP contribution in [0.15, 0.2) is 6.07 Å². The Morgan fingerprint density at radius 2 is 1.79 bits per heavy atom. The number of amides is 2. The van der Waals surface area contributed by atoms with E-state index in [4.69, 9.17) is 0 Å². The van der Waals surface area contributed by atoms with E-state index in [1.54, 1.807) is 13.0 Å². The number of anilines is 1. The van der Waals surface area contributed by atoms with E-state index in [1.807, 2.05) is 11.8 Å². The van der Waals surface area contributed by atoms with Crippen LogP contribution in [0.25, 0.3) is 0 Å². The second-order valence-electron chi connectivity index (χ2n) is 6.61. The van der Waals surface area contributed by atoms with Gasteiger partial charge in [0, 0.05) is 45.2 Å². The van der Waals surface area contributed by atoms with Crippen LogP contribution in [-0.2, 0) is 4.79 Å². The lowest BCUT2D eigenvalue weighted by molar-refractivity contribution is -0.129. The quantitative estimate of drug-likeness (QED) is 0.898. The molecule has 1 N–H and O–H groups in total. The summed E-state index contributed by atoms with van der Waals surface area (Å²) in [7, 11) is 0. The Hall–Kier alpha value is -2.18. The maximum Gasteiger partial charge on any atom is 0.270 e. The molecule has 0 bridgehead atoms. The van der Waals surface area contributed by atoms with Gasteiger partial charge in [-0.3, -0.25) is 9.59 Å². The Kier molecular flexibility index (Phi) is 4.97. The molecule has 0 aromatic carbocycles. The van der Waals surface area contributed by atoms with Gasteiger partial charge in [0.05, 0.1) is 0 Å². The molecule has 2 heterocycles. The lowest BCUT2D eigenvalue weighted by Gasteiger charge is -2.35. The second-order valence-corrected chi connectivity index (χ2v) is 6.61. The van der Waals surface area contributed by atoms with Gasteiger partial charge in [-0.2, -0.15) is 0 Å². The minimum Gasteiger partial charge on any atom is -0.353 e. The van der Waals surface area contributed by atoms with E-state index in [0.717, 1.165) is 31.7 Å². The van der Waals surface area contributed by atoms with Crippen molar-refractivity contribution in [3.8, 4) is 0 Å². The molecule has 0 atom stereocenters. The molecule has 0 spiro atoms. The van der Waals surface area contributed by atoms with Gasteiger partial charge in [0.1, 0.15) is 17.3 Å². The van der Waals surface area contributed by atoms with E-state index in [-0.39, 0.29) is 17.9 Å². The van der Waals surface area contributed by atoms with Crippen molar-refractivity contribution in [2.75, 3.05) is 31.1 Å². The molecule has 3 rings (SSSR count). The third-order valence-electron chi connectivity index (χ3n) is 4.80. The number of aryl methyl sites for hydroxylation is 1. The summed E-state index contributed by atoms with van der Waals surface area (Å²) >= 11 is 0. The normalized spacial score (nSPS) is 18.8. The third kappa shape index (κ3) is 3.83. The summed E-state index contributed by atoms with van der Waals surface area (Å²) in [5.74, 6) is 1.35. The molecule has 0 radical (unpaired) electrons. The van der Waals surface area contributed by atoms with E-state index < -0.39 is 0 Å². The van der Waals surface area contributed by atoms with Gasteiger partial charge < -0.3 is 15.1 Å². The van der Waals surface area contributed by atoms with Crippen molar-refractivity contribution >= 4 is 17.6 Å². The Balaban J connectivity index is 1.69. The lowest BCUT2D eigenvalue weighted by atomic mass is 10.2. The summed E-state index contributed by atoms with van der Waals surface area (Å²) in [6.07, 6.45) is 4.46. The summed E-state index contributed by atoms with van der Waals surface area (Å²) in [6.45, 7) is 6.21. The van der Waals surface area contributed by atoms with Gasteiger partial charge in [-0.15, -0.1) is 0 Å². The first-order chi connectivity index (χ1) is 11.5. The number of carbonyl (C=O) groups excluding carboxylic acids is 2. The molecule has 130 valence electrons. The molecule has 2 fully saturated rings. The lowest BCUT2D eigenvalue weighted by Crippen LogP contribution is -2.48. The first-order valence-corrected chi connectivity index (χ1v) is 8.70. The Labute approximate surface area is 142 Å². The zero-order valence-electron chi connectivity index (χ0n) is 14.4. The van der Waals surface area contributed by atoms with Gasteiger partial charge in [-0.25, -0.2) is 9.97 Å². The molecule has 2 amide bonds. The van der Waals surface area contributed by atoms with Gasteiger partial charge in [-0.1, -0.05) is 12.8 Å². The van der Waals surface area contributed by atoms with Crippen molar-refractivity contribution in [3.63, 3.8) is 0 Å². The predicted octanol–water partition coefficient (Wildman–Crippen LogP) is 1.13. The van der Waals surface area contributed by atoms with Gasteiger partial charge in [0.25, 0.3) is 5.91 Å². The Morgan fingerprint density at radius 1 is 1.12 bits per heavy atom. The van der Waals surface area contributed by atoms with Crippen LogP contribution in [0.1, 0.15) is 48.9 Å². The van der Waals surface area contributed by atoms with Crippen LogP contribution >= 0.6 is 0 Å². The van der Waals surface area contributed by atoms with E-state index in [9.17, 15) is 9.59 Å². The minimum absolute atomic E-state index is 0.102. The molecule has 2 aliphatic rings. The molecule has 1 aromatic rings.